The van der Waals surface area contributed by atoms with Gasteiger partial charge in [-0.1, -0.05) is 18.2 Å². The highest BCUT2D eigenvalue weighted by Crippen LogP contribution is 2.27. The van der Waals surface area contributed by atoms with E-state index in [0.29, 0.717) is 23.7 Å². The van der Waals surface area contributed by atoms with Crippen LogP contribution in [0.1, 0.15) is 5.82 Å². The fraction of sp³-hybridized carbons (Fsp3) is 0.188. The van der Waals surface area contributed by atoms with Crippen LogP contribution in [0.4, 0.5) is 17.1 Å². The maximum atomic E-state index is 11.0. The maximum Gasteiger partial charge on any atom is 0.271 e. The van der Waals surface area contributed by atoms with Crippen molar-refractivity contribution in [2.45, 2.75) is 6.54 Å². The lowest BCUT2D eigenvalue weighted by atomic mass is 10.2. The summed E-state index contributed by atoms with van der Waals surface area (Å²) in [4.78, 5) is 10.6. The summed E-state index contributed by atoms with van der Waals surface area (Å²) in [6.07, 6.45) is 0. The van der Waals surface area contributed by atoms with Crippen LogP contribution in [-0.4, -0.2) is 43.4 Å². The van der Waals surface area contributed by atoms with Gasteiger partial charge in [-0.25, -0.2) is 0 Å². The molecule has 0 radical (unpaired) electrons. The van der Waals surface area contributed by atoms with Crippen molar-refractivity contribution in [1.29, 1.82) is 0 Å². The molecule has 0 saturated heterocycles. The van der Waals surface area contributed by atoms with Crippen molar-refractivity contribution in [1.82, 2.24) is 20.2 Å². The molecule has 10 nitrogen and oxygen atoms in total. The summed E-state index contributed by atoms with van der Waals surface area (Å²) in [6, 6.07) is 13.8. The molecule has 0 bridgehead atoms. The molecule has 0 aliphatic rings. The number of para-hydroxylation sites is 1. The Bertz CT molecular complexity index is 883. The summed E-state index contributed by atoms with van der Waals surface area (Å²) in [5.74, 6) is 0.552. The molecule has 0 aliphatic carbocycles. The van der Waals surface area contributed by atoms with E-state index < -0.39 is 4.92 Å². The molecule has 0 fully saturated rings. The summed E-state index contributed by atoms with van der Waals surface area (Å²) in [5, 5.41) is 37.8. The standard InChI is InChI=1S/C16H17N7O3/c24-9-8-17-14-7-6-13(23(25)26)10-15(14)18-11-16-19-20-21-22(16)12-4-2-1-3-5-12/h1-7,10,17-18,24H,8-9,11H2. The molecule has 1 heterocycles. The van der Waals surface area contributed by atoms with E-state index in [2.05, 4.69) is 26.2 Å². The van der Waals surface area contributed by atoms with Gasteiger partial charge in [-0.05, 0) is 28.6 Å². The first-order valence-corrected chi connectivity index (χ1v) is 7.89. The molecule has 0 aliphatic heterocycles. The zero-order valence-corrected chi connectivity index (χ0v) is 13.7. The lowest BCUT2D eigenvalue weighted by Crippen LogP contribution is -2.12. The normalized spacial score (nSPS) is 10.5. The number of tetrazole rings is 1. The van der Waals surface area contributed by atoms with Crippen LogP contribution < -0.4 is 10.6 Å². The van der Waals surface area contributed by atoms with Crippen molar-refractivity contribution in [3.8, 4) is 5.69 Å². The van der Waals surface area contributed by atoms with Crippen LogP contribution in [0.5, 0.6) is 0 Å². The van der Waals surface area contributed by atoms with E-state index in [4.69, 9.17) is 5.11 Å². The molecular formula is C16H17N7O3. The third kappa shape index (κ3) is 3.92. The number of aromatic nitrogens is 4. The average molecular weight is 355 g/mol. The molecule has 26 heavy (non-hydrogen) atoms. The van der Waals surface area contributed by atoms with Gasteiger partial charge < -0.3 is 15.7 Å². The Balaban J connectivity index is 1.82. The second kappa shape index (κ2) is 8.03. The number of nitrogens with zero attached hydrogens (tertiary/aromatic N) is 5. The number of hydrogen-bond donors (Lipinski definition) is 3. The van der Waals surface area contributed by atoms with Gasteiger partial charge in [0.15, 0.2) is 5.82 Å². The lowest BCUT2D eigenvalue weighted by Gasteiger charge is -2.13. The molecule has 0 spiro atoms. The Morgan fingerprint density at radius 2 is 1.92 bits per heavy atom. The van der Waals surface area contributed by atoms with Crippen molar-refractivity contribution < 1.29 is 10.0 Å². The van der Waals surface area contributed by atoms with Crippen LogP contribution in [0, 0.1) is 10.1 Å². The number of benzene rings is 2. The fourth-order valence-corrected chi connectivity index (χ4v) is 2.40. The molecule has 0 saturated carbocycles. The molecule has 0 unspecified atom stereocenters. The third-order valence-electron chi connectivity index (χ3n) is 3.61. The number of nitro groups is 1. The number of nitrogens with one attached hydrogen (secondary N) is 2. The average Bonchev–Trinajstić information content (AvgIpc) is 3.14. The second-order valence-corrected chi connectivity index (χ2v) is 5.33. The molecule has 0 amide bonds. The highest BCUT2D eigenvalue weighted by atomic mass is 16.6. The van der Waals surface area contributed by atoms with Gasteiger partial charge in [-0.15, -0.1) is 5.10 Å². The first-order valence-electron chi connectivity index (χ1n) is 7.89. The molecule has 0 atom stereocenters. The SMILES string of the molecule is O=[N+]([O-])c1ccc(NCCO)c(NCc2nnnn2-c2ccccc2)c1. The van der Waals surface area contributed by atoms with Crippen molar-refractivity contribution in [3.05, 3.63) is 64.5 Å². The van der Waals surface area contributed by atoms with Crippen LogP contribution in [0.3, 0.4) is 0 Å². The van der Waals surface area contributed by atoms with Gasteiger partial charge in [-0.3, -0.25) is 10.1 Å². The van der Waals surface area contributed by atoms with Crippen molar-refractivity contribution >= 4 is 17.1 Å². The van der Waals surface area contributed by atoms with Crippen molar-refractivity contribution in [3.63, 3.8) is 0 Å². The summed E-state index contributed by atoms with van der Waals surface area (Å²) in [7, 11) is 0. The summed E-state index contributed by atoms with van der Waals surface area (Å²) >= 11 is 0. The van der Waals surface area contributed by atoms with Gasteiger partial charge in [0.1, 0.15) is 0 Å². The minimum absolute atomic E-state index is 0.0373. The summed E-state index contributed by atoms with van der Waals surface area (Å²) in [6.45, 7) is 0.536. The van der Waals surface area contributed by atoms with E-state index in [0.717, 1.165) is 5.69 Å². The molecule has 3 N–H and O–H groups in total. The highest BCUT2D eigenvalue weighted by molar-refractivity contribution is 5.71. The minimum Gasteiger partial charge on any atom is -0.395 e. The van der Waals surface area contributed by atoms with Gasteiger partial charge in [0, 0.05) is 18.7 Å². The number of non-ortho nitro benzene ring substituents is 1. The highest BCUT2D eigenvalue weighted by Gasteiger charge is 2.13. The molecule has 10 heteroatoms. The quantitative estimate of drug-likeness (QED) is 0.410. The van der Waals surface area contributed by atoms with Crippen molar-refractivity contribution in [2.24, 2.45) is 0 Å². The first kappa shape index (κ1) is 17.3. The zero-order chi connectivity index (χ0) is 18.4. The molecule has 134 valence electrons. The van der Waals surface area contributed by atoms with E-state index in [-0.39, 0.29) is 18.8 Å². The largest absolute Gasteiger partial charge is 0.395 e. The van der Waals surface area contributed by atoms with Gasteiger partial charge in [0.25, 0.3) is 5.69 Å². The Hall–Kier alpha value is -3.53. The maximum absolute atomic E-state index is 11.0. The third-order valence-corrected chi connectivity index (χ3v) is 3.61. The van der Waals surface area contributed by atoms with Crippen molar-refractivity contribution in [2.75, 3.05) is 23.8 Å². The number of aliphatic hydroxyl groups is 1. The van der Waals surface area contributed by atoms with Crippen LogP contribution >= 0.6 is 0 Å². The van der Waals surface area contributed by atoms with Gasteiger partial charge in [-0.2, -0.15) is 4.68 Å². The Labute approximate surface area is 148 Å². The van der Waals surface area contributed by atoms with E-state index in [1.807, 2.05) is 30.3 Å². The Morgan fingerprint density at radius 3 is 2.65 bits per heavy atom. The predicted octanol–water partition coefficient (Wildman–Crippen LogP) is 1.59. The van der Waals surface area contributed by atoms with E-state index >= 15 is 0 Å². The second-order valence-electron chi connectivity index (χ2n) is 5.33. The zero-order valence-electron chi connectivity index (χ0n) is 13.7. The summed E-state index contributed by atoms with van der Waals surface area (Å²) < 4.78 is 1.59. The lowest BCUT2D eigenvalue weighted by molar-refractivity contribution is -0.384. The fourth-order valence-electron chi connectivity index (χ4n) is 2.40. The van der Waals surface area contributed by atoms with Crippen LogP contribution in [0.2, 0.25) is 0 Å². The summed E-state index contributed by atoms with van der Waals surface area (Å²) in [5.41, 5.74) is 1.94. The van der Waals surface area contributed by atoms with E-state index in [1.165, 1.54) is 12.1 Å². The topological polar surface area (TPSA) is 131 Å². The number of anilines is 2. The molecule has 3 rings (SSSR count). The first-order chi connectivity index (χ1) is 12.7. The van der Waals surface area contributed by atoms with Gasteiger partial charge in [0.05, 0.1) is 35.1 Å². The number of aliphatic hydroxyl groups excluding tert-OH is 1. The molecular weight excluding hydrogens is 338 g/mol. The monoisotopic (exact) mass is 355 g/mol. The minimum atomic E-state index is -0.463. The van der Waals surface area contributed by atoms with Crippen LogP contribution in [0.15, 0.2) is 48.5 Å². The molecule has 1 aromatic heterocycles. The number of nitro benzene ring substituents is 1. The Kier molecular flexibility index (Phi) is 5.34. The van der Waals surface area contributed by atoms with Gasteiger partial charge >= 0.3 is 0 Å². The molecule has 3 aromatic rings. The molecule has 2 aromatic carbocycles. The Morgan fingerprint density at radius 1 is 1.12 bits per heavy atom. The predicted molar refractivity (Wildman–Crippen MR) is 95.2 cm³/mol. The number of hydrogen-bond acceptors (Lipinski definition) is 8. The smallest absolute Gasteiger partial charge is 0.271 e. The number of rotatable bonds is 8. The van der Waals surface area contributed by atoms with Gasteiger partial charge in [0.2, 0.25) is 0 Å². The van der Waals surface area contributed by atoms with E-state index in [9.17, 15) is 10.1 Å². The van der Waals surface area contributed by atoms with Crippen LogP contribution in [0.25, 0.3) is 5.69 Å². The van der Waals surface area contributed by atoms with E-state index in [1.54, 1.807) is 10.7 Å². The van der Waals surface area contributed by atoms with Crippen LogP contribution in [-0.2, 0) is 6.54 Å².